The van der Waals surface area contributed by atoms with E-state index in [1.807, 2.05) is 22.8 Å². The minimum Gasteiger partial charge on any atom is -0.369 e. The molecule has 4 heteroatoms. The van der Waals surface area contributed by atoms with Crippen molar-refractivity contribution in [3.63, 3.8) is 0 Å². The number of hydrogen-bond acceptors (Lipinski definition) is 2. The smallest absolute Gasteiger partial charge is 0.201 e. The molecule has 0 spiro atoms. The van der Waals surface area contributed by atoms with Crippen molar-refractivity contribution in [2.45, 2.75) is 33.2 Å². The molecule has 0 amide bonds. The topological polar surface area (TPSA) is 43.8 Å². The summed E-state index contributed by atoms with van der Waals surface area (Å²) in [5, 5.41) is 0.719. The van der Waals surface area contributed by atoms with E-state index in [4.69, 9.17) is 17.3 Å². The highest BCUT2D eigenvalue weighted by Crippen LogP contribution is 2.26. The van der Waals surface area contributed by atoms with E-state index < -0.39 is 0 Å². The summed E-state index contributed by atoms with van der Waals surface area (Å²) < 4.78 is 2.01. The molecule has 2 aromatic rings. The van der Waals surface area contributed by atoms with Crippen molar-refractivity contribution in [3.05, 3.63) is 23.2 Å². The highest BCUT2D eigenvalue weighted by atomic mass is 35.5. The molecule has 1 aromatic heterocycles. The van der Waals surface area contributed by atoms with Crippen molar-refractivity contribution < 1.29 is 0 Å². The first-order valence-corrected chi connectivity index (χ1v) is 6.37. The van der Waals surface area contributed by atoms with Gasteiger partial charge in [0.25, 0.3) is 0 Å². The zero-order valence-electron chi connectivity index (χ0n) is 10.3. The van der Waals surface area contributed by atoms with Crippen molar-refractivity contribution in [1.82, 2.24) is 9.55 Å². The maximum Gasteiger partial charge on any atom is 0.201 e. The first kappa shape index (κ1) is 12.2. The normalized spacial score (nSPS) is 11.5. The number of anilines is 1. The minimum atomic E-state index is 0.553. The van der Waals surface area contributed by atoms with Crippen LogP contribution in [0.25, 0.3) is 11.0 Å². The van der Waals surface area contributed by atoms with Crippen LogP contribution in [-0.2, 0) is 6.54 Å². The molecule has 0 unspecified atom stereocenters. The molecule has 0 saturated carbocycles. The molecule has 0 bridgehead atoms. The highest BCUT2D eigenvalue weighted by Gasteiger charge is 2.10. The third-order valence-corrected chi connectivity index (χ3v) is 3.22. The molecule has 0 saturated heterocycles. The summed E-state index contributed by atoms with van der Waals surface area (Å²) in [6, 6.07) is 5.72. The maximum atomic E-state index is 6.20. The highest BCUT2D eigenvalue weighted by molar-refractivity contribution is 6.35. The van der Waals surface area contributed by atoms with E-state index in [1.165, 1.54) is 6.42 Å². The van der Waals surface area contributed by atoms with Crippen LogP contribution in [0.2, 0.25) is 5.02 Å². The van der Waals surface area contributed by atoms with E-state index in [0.717, 1.165) is 29.0 Å². The lowest BCUT2D eigenvalue weighted by molar-refractivity contribution is 0.519. The molecule has 3 nitrogen and oxygen atoms in total. The van der Waals surface area contributed by atoms with Crippen LogP contribution in [0.3, 0.4) is 0 Å². The van der Waals surface area contributed by atoms with Gasteiger partial charge in [0.2, 0.25) is 5.95 Å². The Kier molecular flexibility index (Phi) is 3.57. The summed E-state index contributed by atoms with van der Waals surface area (Å²) >= 11 is 6.20. The summed E-state index contributed by atoms with van der Waals surface area (Å²) in [6.45, 7) is 5.33. The van der Waals surface area contributed by atoms with Crippen LogP contribution < -0.4 is 5.73 Å². The second kappa shape index (κ2) is 4.96. The summed E-state index contributed by atoms with van der Waals surface area (Å²) in [6.07, 6.45) is 2.28. The zero-order valence-corrected chi connectivity index (χ0v) is 11.0. The van der Waals surface area contributed by atoms with Crippen LogP contribution in [0, 0.1) is 5.92 Å². The van der Waals surface area contributed by atoms with E-state index >= 15 is 0 Å². The fourth-order valence-corrected chi connectivity index (χ4v) is 2.32. The van der Waals surface area contributed by atoms with Crippen LogP contribution in [-0.4, -0.2) is 9.55 Å². The fourth-order valence-electron chi connectivity index (χ4n) is 2.04. The van der Waals surface area contributed by atoms with Crippen LogP contribution in [0.4, 0.5) is 5.95 Å². The molecule has 0 atom stereocenters. The van der Waals surface area contributed by atoms with E-state index in [-0.39, 0.29) is 0 Å². The van der Waals surface area contributed by atoms with Crippen LogP contribution in [0.1, 0.15) is 26.7 Å². The number of nitrogens with zero attached hydrogens (tertiary/aromatic N) is 2. The van der Waals surface area contributed by atoms with Crippen molar-refractivity contribution in [1.29, 1.82) is 0 Å². The molecule has 0 fully saturated rings. The Morgan fingerprint density at radius 3 is 2.88 bits per heavy atom. The monoisotopic (exact) mass is 251 g/mol. The standard InChI is InChI=1S/C13H18ClN3/c1-9(2)5-4-8-17-12-10(14)6-3-7-11(12)16-13(17)15/h3,6-7,9H,4-5,8H2,1-2H3,(H2,15,16). The third kappa shape index (κ3) is 2.55. The van der Waals surface area contributed by atoms with Crippen molar-refractivity contribution in [2.75, 3.05) is 5.73 Å². The number of benzene rings is 1. The molecule has 0 aliphatic rings. The molecule has 0 radical (unpaired) electrons. The van der Waals surface area contributed by atoms with Gasteiger partial charge in [-0.05, 0) is 30.9 Å². The second-order valence-electron chi connectivity index (χ2n) is 4.77. The number of rotatable bonds is 4. The summed E-state index contributed by atoms with van der Waals surface area (Å²) in [7, 11) is 0. The number of aromatic nitrogens is 2. The lowest BCUT2D eigenvalue weighted by atomic mass is 10.1. The average Bonchev–Trinajstić information content (AvgIpc) is 2.56. The summed E-state index contributed by atoms with van der Waals surface area (Å²) in [5.74, 6) is 1.26. The largest absolute Gasteiger partial charge is 0.369 e. The Balaban J connectivity index is 2.29. The van der Waals surface area contributed by atoms with Gasteiger partial charge in [0, 0.05) is 6.54 Å². The number of aryl methyl sites for hydroxylation is 1. The molecule has 2 rings (SSSR count). The Labute approximate surface area is 107 Å². The number of imidazole rings is 1. The van der Waals surface area contributed by atoms with Crippen molar-refractivity contribution in [3.8, 4) is 0 Å². The zero-order chi connectivity index (χ0) is 12.4. The fraction of sp³-hybridized carbons (Fsp3) is 0.462. The van der Waals surface area contributed by atoms with Gasteiger partial charge in [0.1, 0.15) is 0 Å². The van der Waals surface area contributed by atoms with Crippen molar-refractivity contribution in [2.24, 2.45) is 5.92 Å². The molecule has 0 aliphatic heterocycles. The Morgan fingerprint density at radius 1 is 1.41 bits per heavy atom. The van der Waals surface area contributed by atoms with Gasteiger partial charge < -0.3 is 10.3 Å². The Hall–Kier alpha value is -1.22. The molecular formula is C13H18ClN3. The molecule has 2 N–H and O–H groups in total. The van der Waals surface area contributed by atoms with E-state index in [0.29, 0.717) is 11.9 Å². The molecule has 1 aromatic carbocycles. The van der Waals surface area contributed by atoms with Gasteiger partial charge in [0.15, 0.2) is 0 Å². The number of nitrogen functional groups attached to an aromatic ring is 1. The van der Waals surface area contributed by atoms with Gasteiger partial charge >= 0.3 is 0 Å². The van der Waals surface area contributed by atoms with Crippen LogP contribution in [0.5, 0.6) is 0 Å². The number of halogens is 1. The van der Waals surface area contributed by atoms with Crippen LogP contribution >= 0.6 is 11.6 Å². The predicted octanol–water partition coefficient (Wildman–Crippen LogP) is 3.71. The molecule has 1 heterocycles. The number of hydrogen-bond donors (Lipinski definition) is 1. The predicted molar refractivity (Wildman–Crippen MR) is 73.2 cm³/mol. The van der Waals surface area contributed by atoms with Gasteiger partial charge in [0.05, 0.1) is 16.1 Å². The molecular weight excluding hydrogens is 234 g/mol. The number of para-hydroxylation sites is 1. The third-order valence-electron chi connectivity index (χ3n) is 2.91. The number of fused-ring (bicyclic) bond motifs is 1. The Bertz CT molecular complexity index is 517. The first-order chi connectivity index (χ1) is 8.09. The average molecular weight is 252 g/mol. The molecule has 0 aliphatic carbocycles. The van der Waals surface area contributed by atoms with Gasteiger partial charge in [-0.1, -0.05) is 31.5 Å². The molecule has 17 heavy (non-hydrogen) atoms. The van der Waals surface area contributed by atoms with Crippen molar-refractivity contribution >= 4 is 28.6 Å². The van der Waals surface area contributed by atoms with Gasteiger partial charge in [-0.2, -0.15) is 0 Å². The molecule has 92 valence electrons. The summed E-state index contributed by atoms with van der Waals surface area (Å²) in [4.78, 5) is 4.33. The SMILES string of the molecule is CC(C)CCCn1c(N)nc2cccc(Cl)c21. The second-order valence-corrected chi connectivity index (χ2v) is 5.17. The lowest BCUT2D eigenvalue weighted by Gasteiger charge is -2.08. The summed E-state index contributed by atoms with van der Waals surface area (Å²) in [5.41, 5.74) is 7.76. The number of nitrogens with two attached hydrogens (primary N) is 1. The van der Waals surface area contributed by atoms with E-state index in [9.17, 15) is 0 Å². The maximum absolute atomic E-state index is 6.20. The lowest BCUT2D eigenvalue weighted by Crippen LogP contribution is -2.04. The van der Waals surface area contributed by atoms with Crippen LogP contribution in [0.15, 0.2) is 18.2 Å². The van der Waals surface area contributed by atoms with Gasteiger partial charge in [-0.25, -0.2) is 4.98 Å². The Morgan fingerprint density at radius 2 is 2.18 bits per heavy atom. The minimum absolute atomic E-state index is 0.553. The van der Waals surface area contributed by atoms with E-state index in [1.54, 1.807) is 0 Å². The quantitative estimate of drug-likeness (QED) is 0.900. The van der Waals surface area contributed by atoms with Gasteiger partial charge in [-0.3, -0.25) is 0 Å². The van der Waals surface area contributed by atoms with E-state index in [2.05, 4.69) is 18.8 Å². The first-order valence-electron chi connectivity index (χ1n) is 6.00. The van der Waals surface area contributed by atoms with Gasteiger partial charge in [-0.15, -0.1) is 0 Å².